The number of hydrogen-bond acceptors (Lipinski definition) is 3. The topological polar surface area (TPSA) is 47.6 Å². The van der Waals surface area contributed by atoms with Crippen molar-refractivity contribution in [2.24, 2.45) is 0 Å². The minimum atomic E-state index is -0.706. The van der Waals surface area contributed by atoms with Gasteiger partial charge < -0.3 is 14.8 Å². The fourth-order valence-corrected chi connectivity index (χ4v) is 2.68. The van der Waals surface area contributed by atoms with Gasteiger partial charge in [0, 0.05) is 6.54 Å². The van der Waals surface area contributed by atoms with Crippen molar-refractivity contribution < 1.29 is 18.7 Å². The zero-order valence-electron chi connectivity index (χ0n) is 16.0. The molecule has 146 valence electrons. The van der Waals surface area contributed by atoms with Gasteiger partial charge in [0.15, 0.2) is 17.7 Å². The van der Waals surface area contributed by atoms with Crippen LogP contribution in [0.3, 0.4) is 0 Å². The lowest BCUT2D eigenvalue weighted by Crippen LogP contribution is -2.38. The van der Waals surface area contributed by atoms with Crippen LogP contribution in [-0.2, 0) is 11.2 Å². The van der Waals surface area contributed by atoms with E-state index in [1.165, 1.54) is 12.1 Å². The Bertz CT molecular complexity index is 720. The zero-order valence-corrected chi connectivity index (χ0v) is 16.0. The van der Waals surface area contributed by atoms with Gasteiger partial charge in [0.25, 0.3) is 5.91 Å². The van der Waals surface area contributed by atoms with E-state index < -0.39 is 11.9 Å². The van der Waals surface area contributed by atoms with E-state index in [4.69, 9.17) is 9.47 Å². The van der Waals surface area contributed by atoms with Crippen LogP contribution < -0.4 is 14.8 Å². The van der Waals surface area contributed by atoms with Gasteiger partial charge >= 0.3 is 0 Å². The third kappa shape index (κ3) is 6.59. The Morgan fingerprint density at radius 2 is 1.78 bits per heavy atom. The van der Waals surface area contributed by atoms with E-state index in [-0.39, 0.29) is 11.7 Å². The molecule has 2 aromatic rings. The molecule has 0 saturated carbocycles. The van der Waals surface area contributed by atoms with E-state index in [2.05, 4.69) is 12.2 Å². The van der Waals surface area contributed by atoms with E-state index >= 15 is 0 Å². The minimum absolute atomic E-state index is 0.0986. The van der Waals surface area contributed by atoms with Crippen LogP contribution in [0.4, 0.5) is 4.39 Å². The summed E-state index contributed by atoms with van der Waals surface area (Å²) < 4.78 is 25.0. The standard InChI is InChI=1S/C22H28FNO3/c1-3-16-26-20-13-7-5-10-17(20)11-9-15-24-22(25)19(4-2)27-21-14-8-6-12-18(21)23/h5-8,10,12-14,19H,3-4,9,11,15-16H2,1-2H3,(H,24,25). The normalized spacial score (nSPS) is 11.7. The Morgan fingerprint density at radius 1 is 1.07 bits per heavy atom. The molecule has 0 fully saturated rings. The van der Waals surface area contributed by atoms with Crippen LogP contribution in [0.25, 0.3) is 0 Å². The van der Waals surface area contributed by atoms with E-state index in [1.54, 1.807) is 12.1 Å². The van der Waals surface area contributed by atoms with E-state index in [0.29, 0.717) is 19.6 Å². The first-order valence-electron chi connectivity index (χ1n) is 9.55. The molecule has 0 saturated heterocycles. The number of benzene rings is 2. The number of hydrogen-bond donors (Lipinski definition) is 1. The molecule has 27 heavy (non-hydrogen) atoms. The maximum Gasteiger partial charge on any atom is 0.261 e. The van der Waals surface area contributed by atoms with Crippen LogP contribution in [0.5, 0.6) is 11.5 Å². The number of aryl methyl sites for hydroxylation is 1. The molecule has 4 nitrogen and oxygen atoms in total. The number of rotatable bonds is 11. The zero-order chi connectivity index (χ0) is 19.5. The van der Waals surface area contributed by atoms with Crippen molar-refractivity contribution in [1.82, 2.24) is 5.32 Å². The van der Waals surface area contributed by atoms with Crippen LogP contribution >= 0.6 is 0 Å². The third-order valence-corrected chi connectivity index (χ3v) is 4.13. The first-order chi connectivity index (χ1) is 13.2. The summed E-state index contributed by atoms with van der Waals surface area (Å²) in [6.45, 7) is 5.13. The second kappa shape index (κ2) is 11.2. The lowest BCUT2D eigenvalue weighted by molar-refractivity contribution is -0.128. The summed E-state index contributed by atoms with van der Waals surface area (Å²) in [5.74, 6) is 0.310. The number of halogens is 1. The van der Waals surface area contributed by atoms with Gasteiger partial charge in [-0.05, 0) is 49.4 Å². The molecule has 0 bridgehead atoms. The third-order valence-electron chi connectivity index (χ3n) is 4.13. The van der Waals surface area contributed by atoms with Gasteiger partial charge in [-0.3, -0.25) is 4.79 Å². The Balaban J connectivity index is 1.80. The Labute approximate surface area is 160 Å². The predicted octanol–water partition coefficient (Wildman–Crippen LogP) is 4.52. The lowest BCUT2D eigenvalue weighted by atomic mass is 10.1. The van der Waals surface area contributed by atoms with Crippen molar-refractivity contribution in [3.63, 3.8) is 0 Å². The summed E-state index contributed by atoms with van der Waals surface area (Å²) >= 11 is 0. The molecule has 0 aromatic heterocycles. The molecule has 0 aliphatic carbocycles. The number of amides is 1. The van der Waals surface area contributed by atoms with Gasteiger partial charge in [-0.25, -0.2) is 4.39 Å². The molecule has 0 aliphatic heterocycles. The minimum Gasteiger partial charge on any atom is -0.493 e. The highest BCUT2D eigenvalue weighted by Crippen LogP contribution is 2.20. The molecular formula is C22H28FNO3. The second-order valence-corrected chi connectivity index (χ2v) is 6.30. The van der Waals surface area contributed by atoms with Gasteiger partial charge in [-0.1, -0.05) is 44.2 Å². The molecular weight excluding hydrogens is 345 g/mol. The average molecular weight is 373 g/mol. The highest BCUT2D eigenvalue weighted by Gasteiger charge is 2.19. The first kappa shape index (κ1) is 20.7. The molecule has 0 aliphatic rings. The monoisotopic (exact) mass is 373 g/mol. The van der Waals surface area contributed by atoms with Crippen molar-refractivity contribution in [1.29, 1.82) is 0 Å². The summed E-state index contributed by atoms with van der Waals surface area (Å²) in [4.78, 5) is 12.3. The number of ether oxygens (including phenoxy) is 2. The maximum absolute atomic E-state index is 13.7. The molecule has 0 heterocycles. The van der Waals surface area contributed by atoms with Crippen molar-refractivity contribution in [3.8, 4) is 11.5 Å². The molecule has 2 aromatic carbocycles. The van der Waals surface area contributed by atoms with Crippen LogP contribution in [0.15, 0.2) is 48.5 Å². The highest BCUT2D eigenvalue weighted by molar-refractivity contribution is 5.81. The van der Waals surface area contributed by atoms with Crippen molar-refractivity contribution >= 4 is 5.91 Å². The lowest BCUT2D eigenvalue weighted by Gasteiger charge is -2.17. The molecule has 1 N–H and O–H groups in total. The molecule has 1 atom stereocenters. The SMILES string of the molecule is CCCOc1ccccc1CCCNC(=O)C(CC)Oc1ccccc1F. The summed E-state index contributed by atoms with van der Waals surface area (Å²) in [5, 5.41) is 2.88. The number of carbonyl (C=O) groups excluding carboxylic acids is 1. The number of nitrogens with one attached hydrogen (secondary N) is 1. The van der Waals surface area contributed by atoms with Crippen LogP contribution in [0.2, 0.25) is 0 Å². The molecule has 1 unspecified atom stereocenters. The summed E-state index contributed by atoms with van der Waals surface area (Å²) in [6, 6.07) is 14.1. The molecule has 5 heteroatoms. The van der Waals surface area contributed by atoms with Gasteiger partial charge in [0.05, 0.1) is 6.61 Å². The molecule has 1 amide bonds. The quantitative estimate of drug-likeness (QED) is 0.589. The summed E-state index contributed by atoms with van der Waals surface area (Å²) in [5.41, 5.74) is 1.13. The van der Waals surface area contributed by atoms with Crippen LogP contribution in [0, 0.1) is 5.82 Å². The summed E-state index contributed by atoms with van der Waals surface area (Å²) in [6.07, 6.45) is 2.32. The fourth-order valence-electron chi connectivity index (χ4n) is 2.68. The molecule has 0 spiro atoms. The van der Waals surface area contributed by atoms with Crippen molar-refractivity contribution in [2.75, 3.05) is 13.2 Å². The predicted molar refractivity (Wildman–Crippen MR) is 105 cm³/mol. The maximum atomic E-state index is 13.7. The van der Waals surface area contributed by atoms with Gasteiger partial charge in [0.2, 0.25) is 0 Å². The Kier molecular flexibility index (Phi) is 8.62. The van der Waals surface area contributed by atoms with Gasteiger partial charge in [-0.2, -0.15) is 0 Å². The van der Waals surface area contributed by atoms with E-state index in [1.807, 2.05) is 31.2 Å². The van der Waals surface area contributed by atoms with Gasteiger partial charge in [0.1, 0.15) is 5.75 Å². The van der Waals surface area contributed by atoms with Gasteiger partial charge in [-0.15, -0.1) is 0 Å². The average Bonchev–Trinajstić information content (AvgIpc) is 2.69. The van der Waals surface area contributed by atoms with Crippen molar-refractivity contribution in [2.45, 2.75) is 45.6 Å². The molecule has 0 radical (unpaired) electrons. The van der Waals surface area contributed by atoms with E-state index in [9.17, 15) is 9.18 Å². The molecule has 2 rings (SSSR count). The van der Waals surface area contributed by atoms with E-state index in [0.717, 1.165) is 30.6 Å². The van der Waals surface area contributed by atoms with Crippen molar-refractivity contribution in [3.05, 3.63) is 59.9 Å². The number of carbonyl (C=O) groups is 1. The fraction of sp³-hybridized carbons (Fsp3) is 0.409. The van der Waals surface area contributed by atoms with Crippen LogP contribution in [-0.4, -0.2) is 25.2 Å². The highest BCUT2D eigenvalue weighted by atomic mass is 19.1. The second-order valence-electron chi connectivity index (χ2n) is 6.30. The first-order valence-corrected chi connectivity index (χ1v) is 9.55. The Hall–Kier alpha value is -2.56. The Morgan fingerprint density at radius 3 is 2.48 bits per heavy atom. The smallest absolute Gasteiger partial charge is 0.261 e. The largest absolute Gasteiger partial charge is 0.493 e. The number of para-hydroxylation sites is 2. The summed E-state index contributed by atoms with van der Waals surface area (Å²) in [7, 11) is 0. The van der Waals surface area contributed by atoms with Crippen LogP contribution in [0.1, 0.15) is 38.7 Å².